The van der Waals surface area contributed by atoms with Crippen molar-refractivity contribution < 1.29 is 0 Å². The van der Waals surface area contributed by atoms with Crippen molar-refractivity contribution in [3.8, 4) is 45.2 Å². The monoisotopic (exact) mass is 592 g/mol. The van der Waals surface area contributed by atoms with Gasteiger partial charge in [0.05, 0.1) is 34.0 Å². The van der Waals surface area contributed by atoms with Crippen molar-refractivity contribution >= 4 is 53.2 Å². The van der Waals surface area contributed by atoms with Gasteiger partial charge in [0.25, 0.3) is 0 Å². The van der Waals surface area contributed by atoms with Crippen molar-refractivity contribution in [2.75, 3.05) is 0 Å². The Hall–Kier alpha value is -5.78. The molecule has 0 amide bonds. The van der Waals surface area contributed by atoms with Crippen molar-refractivity contribution in [2.24, 2.45) is 0 Å². The number of hydrogen-bond acceptors (Lipinski definition) is 5. The largest absolute Gasteiger partial charge is 0.255 e. The Morgan fingerprint density at radius 2 is 1.09 bits per heavy atom. The maximum Gasteiger partial charge on any atom is 0.0900 e. The maximum atomic E-state index is 5.27. The zero-order chi connectivity index (χ0) is 29.7. The van der Waals surface area contributed by atoms with Gasteiger partial charge in [-0.25, -0.2) is 9.97 Å². The normalized spacial score (nSPS) is 11.6. The molecule has 0 aliphatic rings. The second-order valence-electron chi connectivity index (χ2n) is 11.1. The summed E-state index contributed by atoms with van der Waals surface area (Å²) in [6, 6.07) is 46.4. The van der Waals surface area contributed by atoms with Crippen molar-refractivity contribution in [3.63, 3.8) is 0 Å². The summed E-state index contributed by atoms with van der Waals surface area (Å²) in [7, 11) is 0. The zero-order valence-corrected chi connectivity index (χ0v) is 24.9. The van der Waals surface area contributed by atoms with E-state index >= 15 is 0 Å². The Morgan fingerprint density at radius 1 is 0.422 bits per heavy atom. The van der Waals surface area contributed by atoms with Gasteiger partial charge in [-0.05, 0) is 65.7 Å². The molecule has 0 saturated heterocycles. The topological polar surface area (TPSA) is 51.6 Å². The van der Waals surface area contributed by atoms with Gasteiger partial charge in [0.2, 0.25) is 0 Å². The van der Waals surface area contributed by atoms with Crippen LogP contribution in [0.4, 0.5) is 0 Å². The molecule has 4 aromatic carbocycles. The number of benzene rings is 4. The van der Waals surface area contributed by atoms with E-state index in [1.807, 2.05) is 47.7 Å². The fraction of sp³-hybridized carbons (Fsp3) is 0. The predicted octanol–water partition coefficient (Wildman–Crippen LogP) is 10.6. The SMILES string of the molecule is c1ccc(-c2cc(-c3cccc(-c4nc5ccccc5c5c4ccc4c6ccccc6sc45)c3)cc(-c3ccccn3)n2)nc1. The minimum atomic E-state index is 0.806. The molecule has 0 bridgehead atoms. The summed E-state index contributed by atoms with van der Waals surface area (Å²) in [5, 5.41) is 6.19. The summed E-state index contributed by atoms with van der Waals surface area (Å²) >= 11 is 1.86. The number of para-hydroxylation sites is 1. The number of rotatable bonds is 4. The molecule has 210 valence electrons. The van der Waals surface area contributed by atoms with Crippen LogP contribution in [0.15, 0.2) is 146 Å². The van der Waals surface area contributed by atoms with Gasteiger partial charge in [-0.1, -0.05) is 78.9 Å². The molecule has 4 nitrogen and oxygen atoms in total. The lowest BCUT2D eigenvalue weighted by atomic mass is 9.95. The molecule has 0 fully saturated rings. The molecule has 0 aliphatic heterocycles. The van der Waals surface area contributed by atoms with E-state index in [1.54, 1.807) is 12.4 Å². The van der Waals surface area contributed by atoms with Crippen LogP contribution in [0.25, 0.3) is 87.0 Å². The number of aromatic nitrogens is 4. The minimum Gasteiger partial charge on any atom is -0.255 e. The first-order chi connectivity index (χ1) is 22.3. The van der Waals surface area contributed by atoms with E-state index in [9.17, 15) is 0 Å². The summed E-state index contributed by atoms with van der Waals surface area (Å²) in [4.78, 5) is 19.4. The second-order valence-corrected chi connectivity index (χ2v) is 12.1. The summed E-state index contributed by atoms with van der Waals surface area (Å²) in [5.74, 6) is 0. The number of nitrogens with zero attached hydrogens (tertiary/aromatic N) is 4. The summed E-state index contributed by atoms with van der Waals surface area (Å²) in [5.41, 5.74) is 8.42. The van der Waals surface area contributed by atoms with Crippen LogP contribution in [0.2, 0.25) is 0 Å². The van der Waals surface area contributed by atoms with Crippen LogP contribution in [0.5, 0.6) is 0 Å². The highest BCUT2D eigenvalue weighted by Gasteiger charge is 2.17. The highest BCUT2D eigenvalue weighted by Crippen LogP contribution is 2.43. The van der Waals surface area contributed by atoms with E-state index in [-0.39, 0.29) is 0 Å². The van der Waals surface area contributed by atoms with Gasteiger partial charge in [-0.3, -0.25) is 9.97 Å². The molecule has 9 aromatic rings. The summed E-state index contributed by atoms with van der Waals surface area (Å²) in [6.45, 7) is 0. The van der Waals surface area contributed by atoms with Gasteiger partial charge in [0.15, 0.2) is 0 Å². The van der Waals surface area contributed by atoms with Crippen molar-refractivity contribution in [2.45, 2.75) is 0 Å². The highest BCUT2D eigenvalue weighted by molar-refractivity contribution is 7.26. The number of thiophene rings is 1. The lowest BCUT2D eigenvalue weighted by molar-refractivity contribution is 1.22. The fourth-order valence-electron chi connectivity index (χ4n) is 6.27. The van der Waals surface area contributed by atoms with Crippen LogP contribution in [0.3, 0.4) is 0 Å². The first kappa shape index (κ1) is 25.7. The van der Waals surface area contributed by atoms with Crippen molar-refractivity contribution in [3.05, 3.63) is 146 Å². The molecule has 5 heteroatoms. The molecule has 0 radical (unpaired) electrons. The maximum absolute atomic E-state index is 5.27. The molecular weight excluding hydrogens is 569 g/mol. The molecule has 5 aromatic heterocycles. The third-order valence-corrected chi connectivity index (χ3v) is 9.56. The standard InChI is InChI=1S/C40H24N4S/c1-3-14-32-30(13-1)38-31(19-18-29-28-12-2-4-17-37(28)45-40(29)38)39(44-32)26-11-9-10-25(22-26)27-23-35(33-15-5-7-20-41-33)43-36(24-27)34-16-6-8-21-42-34/h1-24H. The third-order valence-electron chi connectivity index (χ3n) is 8.36. The molecule has 0 spiro atoms. The number of pyridine rings is 4. The quantitative estimate of drug-likeness (QED) is 0.191. The fourth-order valence-corrected chi connectivity index (χ4v) is 7.54. The number of fused-ring (bicyclic) bond motifs is 7. The van der Waals surface area contributed by atoms with Crippen LogP contribution in [-0.2, 0) is 0 Å². The Morgan fingerprint density at radius 3 is 1.84 bits per heavy atom. The molecule has 45 heavy (non-hydrogen) atoms. The van der Waals surface area contributed by atoms with Crippen molar-refractivity contribution in [1.29, 1.82) is 0 Å². The van der Waals surface area contributed by atoms with Crippen LogP contribution in [0, 0.1) is 0 Å². The average Bonchev–Trinajstić information content (AvgIpc) is 3.51. The molecule has 0 atom stereocenters. The second kappa shape index (κ2) is 10.4. The van der Waals surface area contributed by atoms with Crippen molar-refractivity contribution in [1.82, 2.24) is 19.9 Å². The third kappa shape index (κ3) is 4.36. The van der Waals surface area contributed by atoms with E-state index in [2.05, 4.69) is 107 Å². The smallest absolute Gasteiger partial charge is 0.0900 e. The Bertz CT molecular complexity index is 2480. The predicted molar refractivity (Wildman–Crippen MR) is 187 cm³/mol. The first-order valence-electron chi connectivity index (χ1n) is 14.9. The van der Waals surface area contributed by atoms with Crippen LogP contribution >= 0.6 is 11.3 Å². The molecular formula is C40H24N4S. The highest BCUT2D eigenvalue weighted by atomic mass is 32.1. The Kier molecular flexibility index (Phi) is 5.96. The minimum absolute atomic E-state index is 0.806. The number of hydrogen-bond donors (Lipinski definition) is 0. The van der Waals surface area contributed by atoms with Gasteiger partial charge in [-0.15, -0.1) is 11.3 Å². The first-order valence-corrected chi connectivity index (χ1v) is 15.7. The van der Waals surface area contributed by atoms with Crippen LogP contribution in [0.1, 0.15) is 0 Å². The Labute approximate surface area is 263 Å². The van der Waals surface area contributed by atoms with Gasteiger partial charge in [-0.2, -0.15) is 0 Å². The van der Waals surface area contributed by atoms with E-state index in [4.69, 9.17) is 9.97 Å². The molecule has 0 saturated carbocycles. The molecule has 9 rings (SSSR count). The lowest BCUT2D eigenvalue weighted by Crippen LogP contribution is -1.94. The van der Waals surface area contributed by atoms with E-state index in [0.717, 1.165) is 56.1 Å². The molecule has 0 N–H and O–H groups in total. The molecule has 5 heterocycles. The lowest BCUT2D eigenvalue weighted by Gasteiger charge is -2.13. The van der Waals surface area contributed by atoms with Gasteiger partial charge in [0.1, 0.15) is 0 Å². The van der Waals surface area contributed by atoms with Gasteiger partial charge in [0, 0.05) is 54.3 Å². The molecule has 0 unspecified atom stereocenters. The van der Waals surface area contributed by atoms with E-state index in [1.165, 1.54) is 30.9 Å². The average molecular weight is 593 g/mol. The van der Waals surface area contributed by atoms with E-state index < -0.39 is 0 Å². The zero-order valence-electron chi connectivity index (χ0n) is 24.1. The van der Waals surface area contributed by atoms with Gasteiger partial charge < -0.3 is 0 Å². The van der Waals surface area contributed by atoms with Crippen LogP contribution < -0.4 is 0 Å². The van der Waals surface area contributed by atoms with Crippen LogP contribution in [-0.4, -0.2) is 19.9 Å². The van der Waals surface area contributed by atoms with E-state index in [0.29, 0.717) is 0 Å². The summed E-state index contributed by atoms with van der Waals surface area (Å²) < 4.78 is 2.60. The summed E-state index contributed by atoms with van der Waals surface area (Å²) in [6.07, 6.45) is 3.60. The molecule has 0 aliphatic carbocycles. The Balaban J connectivity index is 1.27. The van der Waals surface area contributed by atoms with Gasteiger partial charge >= 0.3 is 0 Å².